The summed E-state index contributed by atoms with van der Waals surface area (Å²) in [6, 6.07) is 1.88. The summed E-state index contributed by atoms with van der Waals surface area (Å²) >= 11 is 0. The van der Waals surface area contributed by atoms with Crippen LogP contribution in [0.3, 0.4) is 0 Å². The lowest BCUT2D eigenvalue weighted by Crippen LogP contribution is -2.16. The Morgan fingerprint density at radius 2 is 2.00 bits per heavy atom. The van der Waals surface area contributed by atoms with Crippen LogP contribution in [0.1, 0.15) is 27.0 Å². The highest BCUT2D eigenvalue weighted by Crippen LogP contribution is 2.34. The molecule has 1 aromatic rings. The van der Waals surface area contributed by atoms with Gasteiger partial charge in [-0.1, -0.05) is 0 Å². The van der Waals surface area contributed by atoms with Crippen LogP contribution in [0.5, 0.6) is 0 Å². The predicted octanol–water partition coefficient (Wildman–Crippen LogP) is 1.61. The van der Waals surface area contributed by atoms with Gasteiger partial charge in [0.1, 0.15) is 0 Å². The fraction of sp³-hybridized carbons (Fsp3) is 0.300. The number of benzene rings is 1. The van der Waals surface area contributed by atoms with Crippen molar-refractivity contribution in [2.45, 2.75) is 19.7 Å². The molecule has 0 spiro atoms. The largest absolute Gasteiger partial charge is 0.416 e. The van der Waals surface area contributed by atoms with Crippen LogP contribution in [0.2, 0.25) is 0 Å². The van der Waals surface area contributed by atoms with E-state index in [4.69, 9.17) is 10.8 Å². The molecule has 0 aliphatic rings. The van der Waals surface area contributed by atoms with Gasteiger partial charge in [0.05, 0.1) is 12.2 Å². The van der Waals surface area contributed by atoms with Gasteiger partial charge in [0, 0.05) is 5.56 Å². The Morgan fingerprint density at radius 3 is 2.38 bits per heavy atom. The van der Waals surface area contributed by atoms with E-state index in [0.717, 1.165) is 0 Å². The van der Waals surface area contributed by atoms with Crippen molar-refractivity contribution in [2.75, 3.05) is 0 Å². The third-order valence-electron chi connectivity index (χ3n) is 2.22. The van der Waals surface area contributed by atoms with Crippen molar-refractivity contribution in [2.24, 2.45) is 5.73 Å². The third-order valence-corrected chi connectivity index (χ3v) is 2.22. The van der Waals surface area contributed by atoms with E-state index in [2.05, 4.69) is 0 Å². The molecule has 1 aromatic carbocycles. The molecule has 3 nitrogen and oxygen atoms in total. The number of halogens is 3. The highest BCUT2D eigenvalue weighted by atomic mass is 19.4. The zero-order valence-electron chi connectivity index (χ0n) is 8.43. The van der Waals surface area contributed by atoms with Gasteiger partial charge in [-0.3, -0.25) is 4.79 Å². The van der Waals surface area contributed by atoms with E-state index in [9.17, 15) is 18.0 Å². The first-order valence-electron chi connectivity index (χ1n) is 4.38. The molecular formula is C10H10F3NO2. The fourth-order valence-electron chi connectivity index (χ4n) is 1.42. The predicted molar refractivity (Wildman–Crippen MR) is 50.6 cm³/mol. The zero-order chi connectivity index (χ0) is 12.5. The number of aliphatic hydroxyl groups excluding tert-OH is 1. The second kappa shape index (κ2) is 4.13. The molecule has 6 heteroatoms. The summed E-state index contributed by atoms with van der Waals surface area (Å²) in [5.41, 5.74) is 3.62. The number of primary amides is 1. The number of alkyl halides is 3. The summed E-state index contributed by atoms with van der Waals surface area (Å²) < 4.78 is 37.8. The number of amides is 1. The standard InChI is InChI=1S/C10H10F3NO2/c1-5-2-6(9(14)16)3-8(7(5)4-15)10(11,12)13/h2-3,15H,4H2,1H3,(H2,14,16). The van der Waals surface area contributed by atoms with E-state index in [1.165, 1.54) is 13.0 Å². The summed E-state index contributed by atoms with van der Waals surface area (Å²) in [5.74, 6) is -0.932. The minimum Gasteiger partial charge on any atom is -0.392 e. The van der Waals surface area contributed by atoms with Crippen LogP contribution in [0, 0.1) is 6.92 Å². The molecule has 3 N–H and O–H groups in total. The number of nitrogens with two attached hydrogens (primary N) is 1. The minimum atomic E-state index is -4.62. The van der Waals surface area contributed by atoms with Crippen molar-refractivity contribution in [3.8, 4) is 0 Å². The maximum atomic E-state index is 12.6. The first-order valence-corrected chi connectivity index (χ1v) is 4.38. The van der Waals surface area contributed by atoms with Crippen molar-refractivity contribution in [3.05, 3.63) is 34.4 Å². The van der Waals surface area contributed by atoms with Gasteiger partial charge >= 0.3 is 6.18 Å². The van der Waals surface area contributed by atoms with Crippen molar-refractivity contribution in [1.29, 1.82) is 0 Å². The molecule has 0 aliphatic carbocycles. The second-order valence-corrected chi connectivity index (χ2v) is 3.34. The van der Waals surface area contributed by atoms with Gasteiger partial charge in [-0.05, 0) is 30.2 Å². The summed E-state index contributed by atoms with van der Waals surface area (Å²) in [5, 5.41) is 8.88. The Morgan fingerprint density at radius 1 is 1.44 bits per heavy atom. The highest BCUT2D eigenvalue weighted by molar-refractivity contribution is 5.93. The second-order valence-electron chi connectivity index (χ2n) is 3.34. The number of rotatable bonds is 2. The van der Waals surface area contributed by atoms with Gasteiger partial charge in [-0.25, -0.2) is 0 Å². The van der Waals surface area contributed by atoms with Gasteiger partial charge in [-0.2, -0.15) is 13.2 Å². The number of hydrogen-bond donors (Lipinski definition) is 2. The lowest BCUT2D eigenvalue weighted by atomic mass is 9.98. The van der Waals surface area contributed by atoms with Crippen molar-refractivity contribution in [3.63, 3.8) is 0 Å². The maximum Gasteiger partial charge on any atom is 0.416 e. The molecule has 0 heterocycles. The molecular weight excluding hydrogens is 223 g/mol. The van der Waals surface area contributed by atoms with Crippen molar-refractivity contribution >= 4 is 5.91 Å². The Balaban J connectivity index is 3.49. The average molecular weight is 233 g/mol. The van der Waals surface area contributed by atoms with E-state index < -0.39 is 24.3 Å². The van der Waals surface area contributed by atoms with Gasteiger partial charge in [0.2, 0.25) is 5.91 Å². The van der Waals surface area contributed by atoms with Gasteiger partial charge in [0.15, 0.2) is 0 Å². The van der Waals surface area contributed by atoms with E-state index in [-0.39, 0.29) is 16.7 Å². The molecule has 1 rings (SSSR count). The average Bonchev–Trinajstić information content (AvgIpc) is 2.14. The van der Waals surface area contributed by atoms with E-state index >= 15 is 0 Å². The summed E-state index contributed by atoms with van der Waals surface area (Å²) in [4.78, 5) is 10.8. The van der Waals surface area contributed by atoms with Crippen molar-refractivity contribution < 1.29 is 23.1 Å². The molecule has 0 radical (unpaired) electrons. The monoisotopic (exact) mass is 233 g/mol. The SMILES string of the molecule is Cc1cc(C(N)=O)cc(C(F)(F)F)c1CO. The third kappa shape index (κ3) is 2.33. The molecule has 0 aliphatic heterocycles. The summed E-state index contributed by atoms with van der Waals surface area (Å²) in [6.07, 6.45) is -4.62. The van der Waals surface area contributed by atoms with Gasteiger partial charge in [0.25, 0.3) is 0 Å². The Bertz CT molecular complexity index is 427. The Labute approximate surface area is 89.7 Å². The molecule has 0 fully saturated rings. The maximum absolute atomic E-state index is 12.6. The summed E-state index contributed by atoms with van der Waals surface area (Å²) in [6.45, 7) is 0.646. The lowest BCUT2D eigenvalue weighted by molar-refractivity contribution is -0.138. The molecule has 0 aromatic heterocycles. The number of aryl methyl sites for hydroxylation is 1. The van der Waals surface area contributed by atoms with Crippen LogP contribution < -0.4 is 5.73 Å². The van der Waals surface area contributed by atoms with E-state index in [1.807, 2.05) is 0 Å². The smallest absolute Gasteiger partial charge is 0.392 e. The van der Waals surface area contributed by atoms with Crippen LogP contribution in [0.4, 0.5) is 13.2 Å². The number of aliphatic hydroxyl groups is 1. The number of hydrogen-bond acceptors (Lipinski definition) is 2. The van der Waals surface area contributed by atoms with E-state index in [0.29, 0.717) is 6.07 Å². The number of carbonyl (C=O) groups is 1. The fourth-order valence-corrected chi connectivity index (χ4v) is 1.42. The number of carbonyl (C=O) groups excluding carboxylic acids is 1. The Hall–Kier alpha value is -1.56. The van der Waals surface area contributed by atoms with Crippen LogP contribution in [0.15, 0.2) is 12.1 Å². The van der Waals surface area contributed by atoms with Crippen LogP contribution >= 0.6 is 0 Å². The molecule has 88 valence electrons. The van der Waals surface area contributed by atoms with Gasteiger partial charge < -0.3 is 10.8 Å². The van der Waals surface area contributed by atoms with Crippen LogP contribution in [0.25, 0.3) is 0 Å². The zero-order valence-corrected chi connectivity index (χ0v) is 8.43. The molecule has 0 unspecified atom stereocenters. The van der Waals surface area contributed by atoms with Gasteiger partial charge in [-0.15, -0.1) is 0 Å². The van der Waals surface area contributed by atoms with E-state index in [1.54, 1.807) is 0 Å². The topological polar surface area (TPSA) is 63.3 Å². The normalized spacial score (nSPS) is 11.6. The molecule has 0 atom stereocenters. The van der Waals surface area contributed by atoms with Crippen LogP contribution in [-0.2, 0) is 12.8 Å². The van der Waals surface area contributed by atoms with Crippen molar-refractivity contribution in [1.82, 2.24) is 0 Å². The first kappa shape index (κ1) is 12.5. The minimum absolute atomic E-state index is 0.186. The van der Waals surface area contributed by atoms with Crippen LogP contribution in [-0.4, -0.2) is 11.0 Å². The summed E-state index contributed by atoms with van der Waals surface area (Å²) in [7, 11) is 0. The molecule has 0 saturated heterocycles. The molecule has 0 bridgehead atoms. The quantitative estimate of drug-likeness (QED) is 0.815. The molecule has 16 heavy (non-hydrogen) atoms. The molecule has 0 saturated carbocycles. The molecule has 1 amide bonds. The Kier molecular flexibility index (Phi) is 3.23. The highest BCUT2D eigenvalue weighted by Gasteiger charge is 2.34. The first-order chi connectivity index (χ1) is 7.27. The lowest BCUT2D eigenvalue weighted by Gasteiger charge is -2.14.